The Morgan fingerprint density at radius 2 is 2.21 bits per heavy atom. The second kappa shape index (κ2) is 5.61. The maximum absolute atomic E-state index is 11.1. The van der Waals surface area contributed by atoms with Gasteiger partial charge in [0.05, 0.1) is 5.56 Å². The number of hydrogen-bond donors (Lipinski definition) is 2. The van der Waals surface area contributed by atoms with E-state index in [0.29, 0.717) is 17.6 Å². The van der Waals surface area contributed by atoms with Crippen LogP contribution in [0.15, 0.2) is 18.2 Å². The topological polar surface area (TPSA) is 52.6 Å². The zero-order chi connectivity index (χ0) is 14.0. The minimum atomic E-state index is -0.863. The number of benzene rings is 1. The third kappa shape index (κ3) is 3.07. The third-order valence-corrected chi connectivity index (χ3v) is 4.13. The number of nitrogens with zero attached hydrogens (tertiary/aromatic N) is 1. The van der Waals surface area contributed by atoms with Gasteiger partial charge in [0.15, 0.2) is 0 Å². The zero-order valence-corrected chi connectivity index (χ0v) is 11.8. The Morgan fingerprint density at radius 1 is 1.47 bits per heavy atom. The van der Waals surface area contributed by atoms with E-state index in [4.69, 9.17) is 5.11 Å². The number of piperidine rings is 1. The molecule has 2 rings (SSSR count). The number of anilines is 1. The standard InChI is InChI=1S/C15H22N2O2/c1-10-9-12(7-8-17(10)3)16-14-6-4-5-13(11(14)2)15(18)19/h4-6,10,12,16H,7-9H2,1-3H3,(H,18,19). The van der Waals surface area contributed by atoms with E-state index >= 15 is 0 Å². The minimum Gasteiger partial charge on any atom is -0.478 e. The Hall–Kier alpha value is -1.55. The molecule has 2 unspecified atom stereocenters. The summed E-state index contributed by atoms with van der Waals surface area (Å²) in [5.41, 5.74) is 2.15. The summed E-state index contributed by atoms with van der Waals surface area (Å²) in [6.45, 7) is 5.18. The fourth-order valence-electron chi connectivity index (χ4n) is 2.66. The molecule has 0 amide bonds. The predicted molar refractivity (Wildman–Crippen MR) is 76.9 cm³/mol. The number of likely N-dealkylation sites (tertiary alicyclic amines) is 1. The molecule has 1 aromatic carbocycles. The van der Waals surface area contributed by atoms with Gasteiger partial charge in [0.2, 0.25) is 0 Å². The highest BCUT2D eigenvalue weighted by Crippen LogP contribution is 2.24. The van der Waals surface area contributed by atoms with Crippen molar-refractivity contribution >= 4 is 11.7 Å². The fourth-order valence-corrected chi connectivity index (χ4v) is 2.66. The summed E-state index contributed by atoms with van der Waals surface area (Å²) >= 11 is 0. The van der Waals surface area contributed by atoms with Crippen LogP contribution in [0.3, 0.4) is 0 Å². The Balaban J connectivity index is 2.11. The zero-order valence-electron chi connectivity index (χ0n) is 11.8. The number of carboxylic acid groups (broad SMARTS) is 1. The van der Waals surface area contributed by atoms with Gasteiger partial charge in [-0.2, -0.15) is 0 Å². The summed E-state index contributed by atoms with van der Waals surface area (Å²) in [6, 6.07) is 6.41. The lowest BCUT2D eigenvalue weighted by atomic mass is 9.97. The van der Waals surface area contributed by atoms with E-state index in [1.807, 2.05) is 13.0 Å². The van der Waals surface area contributed by atoms with Crippen molar-refractivity contribution in [1.82, 2.24) is 4.90 Å². The smallest absolute Gasteiger partial charge is 0.336 e. The van der Waals surface area contributed by atoms with Crippen molar-refractivity contribution in [3.63, 3.8) is 0 Å². The van der Waals surface area contributed by atoms with Crippen molar-refractivity contribution in [2.45, 2.75) is 38.8 Å². The van der Waals surface area contributed by atoms with Crippen LogP contribution in [0.5, 0.6) is 0 Å². The Bertz CT molecular complexity index is 473. The van der Waals surface area contributed by atoms with Crippen LogP contribution in [0.25, 0.3) is 0 Å². The molecule has 104 valence electrons. The lowest BCUT2D eigenvalue weighted by Gasteiger charge is -2.36. The number of nitrogens with one attached hydrogen (secondary N) is 1. The molecule has 1 saturated heterocycles. The summed E-state index contributed by atoms with van der Waals surface area (Å²) in [5, 5.41) is 12.6. The summed E-state index contributed by atoms with van der Waals surface area (Å²) < 4.78 is 0. The molecular weight excluding hydrogens is 240 g/mol. The largest absolute Gasteiger partial charge is 0.478 e. The molecule has 1 aromatic rings. The van der Waals surface area contributed by atoms with Gasteiger partial charge in [0.25, 0.3) is 0 Å². The number of aromatic carboxylic acids is 1. The van der Waals surface area contributed by atoms with Crippen molar-refractivity contribution in [2.75, 3.05) is 18.9 Å². The molecule has 2 N–H and O–H groups in total. The van der Waals surface area contributed by atoms with Crippen LogP contribution in [-0.4, -0.2) is 41.7 Å². The fraction of sp³-hybridized carbons (Fsp3) is 0.533. The highest BCUT2D eigenvalue weighted by Gasteiger charge is 2.23. The van der Waals surface area contributed by atoms with Crippen LogP contribution in [0, 0.1) is 6.92 Å². The molecule has 0 spiro atoms. The summed E-state index contributed by atoms with van der Waals surface area (Å²) in [4.78, 5) is 13.5. The van der Waals surface area contributed by atoms with E-state index < -0.39 is 5.97 Å². The predicted octanol–water partition coefficient (Wildman–Crippen LogP) is 2.59. The van der Waals surface area contributed by atoms with Gasteiger partial charge < -0.3 is 15.3 Å². The van der Waals surface area contributed by atoms with E-state index in [1.54, 1.807) is 12.1 Å². The molecule has 2 atom stereocenters. The summed E-state index contributed by atoms with van der Waals surface area (Å²) in [7, 11) is 2.15. The van der Waals surface area contributed by atoms with Gasteiger partial charge >= 0.3 is 5.97 Å². The highest BCUT2D eigenvalue weighted by atomic mass is 16.4. The molecule has 0 bridgehead atoms. The maximum Gasteiger partial charge on any atom is 0.336 e. The van der Waals surface area contributed by atoms with Gasteiger partial charge in [-0.15, -0.1) is 0 Å². The third-order valence-electron chi connectivity index (χ3n) is 4.13. The molecule has 0 saturated carbocycles. The van der Waals surface area contributed by atoms with Crippen LogP contribution in [0.1, 0.15) is 35.7 Å². The first-order valence-corrected chi connectivity index (χ1v) is 6.78. The normalized spacial score (nSPS) is 24.2. The quantitative estimate of drug-likeness (QED) is 0.879. The van der Waals surface area contributed by atoms with E-state index in [0.717, 1.165) is 30.6 Å². The first-order valence-electron chi connectivity index (χ1n) is 6.78. The van der Waals surface area contributed by atoms with Crippen LogP contribution in [0.2, 0.25) is 0 Å². The monoisotopic (exact) mass is 262 g/mol. The molecule has 1 heterocycles. The minimum absolute atomic E-state index is 0.381. The number of hydrogen-bond acceptors (Lipinski definition) is 3. The number of carbonyl (C=O) groups is 1. The van der Waals surface area contributed by atoms with Crippen molar-refractivity contribution < 1.29 is 9.90 Å². The number of rotatable bonds is 3. The summed E-state index contributed by atoms with van der Waals surface area (Å²) in [5.74, 6) is -0.863. The molecule has 0 radical (unpaired) electrons. The second-order valence-corrected chi connectivity index (χ2v) is 5.48. The van der Waals surface area contributed by atoms with Gasteiger partial charge in [-0.05, 0) is 51.4 Å². The number of carboxylic acids is 1. The van der Waals surface area contributed by atoms with E-state index in [2.05, 4.69) is 24.2 Å². The van der Waals surface area contributed by atoms with Gasteiger partial charge in [-0.1, -0.05) is 6.07 Å². The van der Waals surface area contributed by atoms with Crippen molar-refractivity contribution in [1.29, 1.82) is 0 Å². The molecule has 4 heteroatoms. The molecule has 4 nitrogen and oxygen atoms in total. The SMILES string of the molecule is Cc1c(NC2CCN(C)C(C)C2)cccc1C(=O)O. The van der Waals surface area contributed by atoms with E-state index in [1.165, 1.54) is 0 Å². The average molecular weight is 262 g/mol. The highest BCUT2D eigenvalue weighted by molar-refractivity contribution is 5.91. The van der Waals surface area contributed by atoms with Crippen LogP contribution >= 0.6 is 0 Å². The molecule has 19 heavy (non-hydrogen) atoms. The Kier molecular flexibility index (Phi) is 4.10. The molecule has 0 aromatic heterocycles. The molecule has 1 fully saturated rings. The van der Waals surface area contributed by atoms with Crippen molar-refractivity contribution in [2.24, 2.45) is 0 Å². The lowest BCUT2D eigenvalue weighted by molar-refractivity contribution is 0.0696. The van der Waals surface area contributed by atoms with Gasteiger partial charge in [0, 0.05) is 24.3 Å². The molecular formula is C15H22N2O2. The molecule has 1 aliphatic heterocycles. The molecule has 0 aliphatic carbocycles. The van der Waals surface area contributed by atoms with Crippen LogP contribution in [-0.2, 0) is 0 Å². The first-order chi connectivity index (χ1) is 8.99. The molecule has 1 aliphatic rings. The van der Waals surface area contributed by atoms with Gasteiger partial charge in [-0.25, -0.2) is 4.79 Å². The Morgan fingerprint density at radius 3 is 2.84 bits per heavy atom. The summed E-state index contributed by atoms with van der Waals surface area (Å²) in [6.07, 6.45) is 2.19. The lowest BCUT2D eigenvalue weighted by Crippen LogP contribution is -2.42. The van der Waals surface area contributed by atoms with E-state index in [9.17, 15) is 4.79 Å². The Labute approximate surface area is 114 Å². The van der Waals surface area contributed by atoms with Crippen LogP contribution < -0.4 is 5.32 Å². The van der Waals surface area contributed by atoms with Gasteiger partial charge in [0.1, 0.15) is 0 Å². The first kappa shape index (κ1) is 13.9. The second-order valence-electron chi connectivity index (χ2n) is 5.48. The van der Waals surface area contributed by atoms with Crippen LogP contribution in [0.4, 0.5) is 5.69 Å². The van der Waals surface area contributed by atoms with Gasteiger partial charge in [-0.3, -0.25) is 0 Å². The van der Waals surface area contributed by atoms with E-state index in [-0.39, 0.29) is 0 Å². The van der Waals surface area contributed by atoms with Crippen molar-refractivity contribution in [3.8, 4) is 0 Å². The average Bonchev–Trinajstić information content (AvgIpc) is 2.36. The maximum atomic E-state index is 11.1. The van der Waals surface area contributed by atoms with Crippen molar-refractivity contribution in [3.05, 3.63) is 29.3 Å².